The Kier molecular flexibility index (Phi) is 5.52. The van der Waals surface area contributed by atoms with Gasteiger partial charge in [-0.15, -0.1) is 0 Å². The number of nitrogens with zero attached hydrogens (tertiary/aromatic N) is 1. The fourth-order valence-electron chi connectivity index (χ4n) is 3.06. The molecule has 7 heteroatoms. The first-order chi connectivity index (χ1) is 13.1. The van der Waals surface area contributed by atoms with Crippen molar-refractivity contribution >= 4 is 23.5 Å². The molecular weight excluding hydrogens is 348 g/mol. The number of carbonyl (C=O) groups is 3. The summed E-state index contributed by atoms with van der Waals surface area (Å²) in [4.78, 5) is 39.1. The molecule has 0 saturated carbocycles. The number of hydrogen-bond donors (Lipinski definition) is 1. The molecule has 140 valence electrons. The molecule has 1 heterocycles. The molecule has 0 bridgehead atoms. The van der Waals surface area contributed by atoms with Gasteiger partial charge < -0.3 is 19.7 Å². The Morgan fingerprint density at radius 2 is 1.81 bits per heavy atom. The smallest absolute Gasteiger partial charge is 0.339 e. The number of hydrogen-bond acceptors (Lipinski definition) is 5. The Morgan fingerprint density at radius 1 is 1.07 bits per heavy atom. The molecule has 0 aliphatic carbocycles. The number of methoxy groups -OCH3 is 2. The van der Waals surface area contributed by atoms with Gasteiger partial charge in [0.1, 0.15) is 0 Å². The Bertz CT molecular complexity index is 894. The van der Waals surface area contributed by atoms with E-state index < -0.39 is 11.9 Å². The molecule has 0 spiro atoms. The maximum absolute atomic E-state index is 12.8. The van der Waals surface area contributed by atoms with Gasteiger partial charge in [0.25, 0.3) is 11.8 Å². The first-order valence-electron chi connectivity index (χ1n) is 8.45. The molecule has 2 aromatic rings. The summed E-state index contributed by atoms with van der Waals surface area (Å²) >= 11 is 0. The molecule has 2 aromatic carbocycles. The average molecular weight is 368 g/mol. The first-order valence-corrected chi connectivity index (χ1v) is 8.45. The lowest BCUT2D eigenvalue weighted by Gasteiger charge is -2.15. The number of esters is 1. The van der Waals surface area contributed by atoms with E-state index in [1.807, 2.05) is 6.07 Å². The van der Waals surface area contributed by atoms with Crippen molar-refractivity contribution in [1.29, 1.82) is 0 Å². The second kappa shape index (κ2) is 8.01. The van der Waals surface area contributed by atoms with E-state index in [1.54, 1.807) is 48.4 Å². The van der Waals surface area contributed by atoms with Gasteiger partial charge in [0, 0.05) is 20.2 Å². The van der Waals surface area contributed by atoms with Gasteiger partial charge >= 0.3 is 5.97 Å². The highest BCUT2D eigenvalue weighted by Gasteiger charge is 2.31. The van der Waals surface area contributed by atoms with E-state index in [0.29, 0.717) is 30.9 Å². The zero-order valence-electron chi connectivity index (χ0n) is 15.2. The summed E-state index contributed by atoms with van der Waals surface area (Å²) < 4.78 is 9.78. The molecule has 0 unspecified atom stereocenters. The minimum atomic E-state index is -0.550. The van der Waals surface area contributed by atoms with Crippen molar-refractivity contribution in [1.82, 2.24) is 4.90 Å². The average Bonchev–Trinajstić information content (AvgIpc) is 3.02. The van der Waals surface area contributed by atoms with E-state index >= 15 is 0 Å². The van der Waals surface area contributed by atoms with E-state index in [9.17, 15) is 14.4 Å². The van der Waals surface area contributed by atoms with Gasteiger partial charge in [-0.1, -0.05) is 24.3 Å². The van der Waals surface area contributed by atoms with Crippen molar-refractivity contribution in [2.75, 3.05) is 32.7 Å². The number of amides is 2. The fourth-order valence-corrected chi connectivity index (χ4v) is 3.06. The van der Waals surface area contributed by atoms with Crippen molar-refractivity contribution < 1.29 is 23.9 Å². The number of rotatable bonds is 6. The lowest BCUT2D eigenvalue weighted by Crippen LogP contribution is -2.28. The van der Waals surface area contributed by atoms with E-state index in [0.717, 1.165) is 5.56 Å². The van der Waals surface area contributed by atoms with Crippen molar-refractivity contribution in [2.45, 2.75) is 6.54 Å². The van der Waals surface area contributed by atoms with Crippen LogP contribution >= 0.6 is 0 Å². The predicted octanol–water partition coefficient (Wildman–Crippen LogP) is 2.33. The van der Waals surface area contributed by atoms with E-state index in [1.165, 1.54) is 7.11 Å². The van der Waals surface area contributed by atoms with Crippen LogP contribution in [0.1, 0.15) is 36.6 Å². The Labute approximate surface area is 156 Å². The number of ether oxygens (including phenoxy) is 2. The van der Waals surface area contributed by atoms with E-state index in [4.69, 9.17) is 9.47 Å². The van der Waals surface area contributed by atoms with Crippen molar-refractivity contribution in [3.63, 3.8) is 0 Å². The van der Waals surface area contributed by atoms with Gasteiger partial charge in [-0.25, -0.2) is 4.79 Å². The van der Waals surface area contributed by atoms with Crippen LogP contribution in [0, 0.1) is 0 Å². The van der Waals surface area contributed by atoms with Gasteiger partial charge in [-0.3, -0.25) is 9.59 Å². The number of para-hydroxylation sites is 1. The molecule has 7 nitrogen and oxygen atoms in total. The SMILES string of the molecule is COCCN1Cc2cccc(C(=O)Nc3ccccc3C(=O)OC)c2C1=O. The van der Waals surface area contributed by atoms with Crippen LogP contribution in [-0.2, 0) is 16.0 Å². The van der Waals surface area contributed by atoms with Gasteiger partial charge in [0.2, 0.25) is 0 Å². The van der Waals surface area contributed by atoms with Gasteiger partial charge in [-0.05, 0) is 23.8 Å². The van der Waals surface area contributed by atoms with Crippen LogP contribution in [0.2, 0.25) is 0 Å². The fraction of sp³-hybridized carbons (Fsp3) is 0.250. The monoisotopic (exact) mass is 368 g/mol. The summed E-state index contributed by atoms with van der Waals surface area (Å²) in [6, 6.07) is 11.7. The maximum Gasteiger partial charge on any atom is 0.339 e. The lowest BCUT2D eigenvalue weighted by atomic mass is 10.0. The van der Waals surface area contributed by atoms with Crippen molar-refractivity contribution in [3.05, 3.63) is 64.7 Å². The largest absolute Gasteiger partial charge is 0.465 e. The van der Waals surface area contributed by atoms with Crippen LogP contribution in [0.3, 0.4) is 0 Å². The minimum absolute atomic E-state index is 0.200. The molecule has 2 amide bonds. The Hall–Kier alpha value is -3.19. The Morgan fingerprint density at radius 3 is 2.56 bits per heavy atom. The molecule has 1 aliphatic heterocycles. The quantitative estimate of drug-likeness (QED) is 0.791. The summed E-state index contributed by atoms with van der Waals surface area (Å²) in [6.07, 6.45) is 0. The van der Waals surface area contributed by atoms with Gasteiger partial charge in [0.05, 0.1) is 36.1 Å². The van der Waals surface area contributed by atoms with Gasteiger partial charge in [-0.2, -0.15) is 0 Å². The molecule has 1 N–H and O–H groups in total. The summed E-state index contributed by atoms with van der Waals surface area (Å²) in [5.74, 6) is -1.20. The number of nitrogens with one attached hydrogen (secondary N) is 1. The number of benzene rings is 2. The van der Waals surface area contributed by atoms with Crippen molar-refractivity contribution in [2.24, 2.45) is 0 Å². The summed E-state index contributed by atoms with van der Waals surface area (Å²) in [7, 11) is 2.85. The molecule has 27 heavy (non-hydrogen) atoms. The third kappa shape index (κ3) is 3.68. The zero-order valence-corrected chi connectivity index (χ0v) is 15.2. The zero-order chi connectivity index (χ0) is 19.4. The van der Waals surface area contributed by atoms with Gasteiger partial charge in [0.15, 0.2) is 0 Å². The maximum atomic E-state index is 12.8. The molecule has 0 aromatic heterocycles. The van der Waals surface area contributed by atoms with Crippen LogP contribution in [0.25, 0.3) is 0 Å². The molecule has 0 fully saturated rings. The normalized spacial score (nSPS) is 12.7. The molecule has 0 saturated heterocycles. The van der Waals surface area contributed by atoms with Crippen LogP contribution in [0.15, 0.2) is 42.5 Å². The van der Waals surface area contributed by atoms with E-state index in [2.05, 4.69) is 5.32 Å². The second-order valence-corrected chi connectivity index (χ2v) is 6.05. The van der Waals surface area contributed by atoms with E-state index in [-0.39, 0.29) is 17.0 Å². The Balaban J connectivity index is 1.88. The van der Waals surface area contributed by atoms with Crippen molar-refractivity contribution in [3.8, 4) is 0 Å². The molecule has 1 aliphatic rings. The lowest BCUT2D eigenvalue weighted by molar-refractivity contribution is 0.0601. The van der Waals surface area contributed by atoms with Crippen LogP contribution < -0.4 is 5.32 Å². The van der Waals surface area contributed by atoms with Crippen LogP contribution in [0.5, 0.6) is 0 Å². The van der Waals surface area contributed by atoms with Crippen LogP contribution in [0.4, 0.5) is 5.69 Å². The highest BCUT2D eigenvalue weighted by Crippen LogP contribution is 2.27. The minimum Gasteiger partial charge on any atom is -0.465 e. The highest BCUT2D eigenvalue weighted by atomic mass is 16.5. The van der Waals surface area contributed by atoms with Crippen LogP contribution in [-0.4, -0.2) is 50.1 Å². The second-order valence-electron chi connectivity index (χ2n) is 6.05. The highest BCUT2D eigenvalue weighted by molar-refractivity contribution is 6.15. The summed E-state index contributed by atoms with van der Waals surface area (Å²) in [5.41, 5.74) is 2.03. The molecule has 3 rings (SSSR count). The molecular formula is C20H20N2O5. The summed E-state index contributed by atoms with van der Waals surface area (Å²) in [6.45, 7) is 1.32. The summed E-state index contributed by atoms with van der Waals surface area (Å²) in [5, 5.41) is 2.72. The number of fused-ring (bicyclic) bond motifs is 1. The third-order valence-electron chi connectivity index (χ3n) is 4.40. The molecule has 0 radical (unpaired) electrons. The third-order valence-corrected chi connectivity index (χ3v) is 4.40. The molecule has 0 atom stereocenters. The number of carbonyl (C=O) groups excluding carboxylic acids is 3. The predicted molar refractivity (Wildman–Crippen MR) is 98.8 cm³/mol. The topological polar surface area (TPSA) is 84.9 Å². The first kappa shape index (κ1) is 18.6. The number of anilines is 1. The standard InChI is InChI=1S/C20H20N2O5/c1-26-11-10-22-12-13-6-5-8-15(17(13)19(22)24)18(23)21-16-9-4-3-7-14(16)20(25)27-2/h3-9H,10-12H2,1-2H3,(H,21,23).